The maximum absolute atomic E-state index is 4.07. The monoisotopic (exact) mass is 649 g/mol. The van der Waals surface area contributed by atoms with Crippen molar-refractivity contribution in [3.63, 3.8) is 0 Å². The second-order valence-electron chi connectivity index (χ2n) is 13.7. The fourth-order valence-electron chi connectivity index (χ4n) is 8.75. The molecular weight excluding hydrogens is 615 g/mol. The van der Waals surface area contributed by atoms with Gasteiger partial charge in [0, 0.05) is 5.70 Å². The average Bonchev–Trinajstić information content (AvgIpc) is 3.51. The lowest BCUT2D eigenvalue weighted by Gasteiger charge is -2.34. The van der Waals surface area contributed by atoms with Crippen LogP contribution in [0.15, 0.2) is 200 Å². The molecule has 0 radical (unpaired) electrons. The summed E-state index contributed by atoms with van der Waals surface area (Å²) in [5.41, 5.74) is 13.4. The van der Waals surface area contributed by atoms with Crippen LogP contribution >= 0.6 is 0 Å². The molecule has 0 bridgehead atoms. The van der Waals surface area contributed by atoms with Crippen LogP contribution in [0, 0.1) is 0 Å². The van der Waals surface area contributed by atoms with Crippen molar-refractivity contribution >= 4 is 32.8 Å². The number of hydrogen-bond donors (Lipinski definition) is 1. The minimum absolute atomic E-state index is 0.0954. The highest BCUT2D eigenvalue weighted by Crippen LogP contribution is 2.59. The molecule has 1 nitrogen and oxygen atoms in total. The predicted octanol–water partition coefficient (Wildman–Crippen LogP) is 12.1. The molecule has 8 aromatic rings. The maximum atomic E-state index is 4.07. The molecule has 2 aliphatic rings. The maximum Gasteiger partial charge on any atom is 0.0719 e. The van der Waals surface area contributed by atoms with Gasteiger partial charge in [-0.25, -0.2) is 0 Å². The van der Waals surface area contributed by atoms with Crippen LogP contribution in [0.3, 0.4) is 0 Å². The van der Waals surface area contributed by atoms with E-state index in [-0.39, 0.29) is 6.04 Å². The van der Waals surface area contributed by atoms with Crippen molar-refractivity contribution in [3.8, 4) is 11.1 Å². The van der Waals surface area contributed by atoms with Crippen molar-refractivity contribution in [3.05, 3.63) is 239 Å². The van der Waals surface area contributed by atoms with E-state index in [1.165, 1.54) is 77.2 Å². The Kier molecular flexibility index (Phi) is 6.85. The summed E-state index contributed by atoms with van der Waals surface area (Å²) in [5.74, 6) is 0. The lowest BCUT2D eigenvalue weighted by Crippen LogP contribution is -2.29. The third-order valence-corrected chi connectivity index (χ3v) is 10.9. The van der Waals surface area contributed by atoms with Crippen LogP contribution < -0.4 is 5.32 Å². The first-order valence-corrected chi connectivity index (χ1v) is 17.8. The SMILES string of the molecule is C1=C(c2ccc3ccccc3c2)C=C(c2ccccc2)NC1c1c2c(cc3ccccc13)C(c1ccccc1)(c1ccccc1)c1ccccc1-2. The van der Waals surface area contributed by atoms with E-state index in [4.69, 9.17) is 0 Å². The molecule has 0 saturated carbocycles. The smallest absolute Gasteiger partial charge is 0.0719 e. The van der Waals surface area contributed by atoms with Crippen LogP contribution in [0.5, 0.6) is 0 Å². The molecule has 1 heterocycles. The van der Waals surface area contributed by atoms with E-state index in [0.717, 1.165) is 5.70 Å². The van der Waals surface area contributed by atoms with Crippen LogP contribution in [0.1, 0.15) is 45.0 Å². The molecular formula is C50H35N. The number of hydrogen-bond acceptors (Lipinski definition) is 1. The first-order valence-electron chi connectivity index (χ1n) is 17.8. The molecule has 0 amide bonds. The summed E-state index contributed by atoms with van der Waals surface area (Å²) in [6.45, 7) is 0. The molecule has 1 unspecified atom stereocenters. The molecule has 1 aliphatic heterocycles. The fraction of sp³-hybridized carbons (Fsp3) is 0.0400. The molecule has 1 N–H and O–H groups in total. The van der Waals surface area contributed by atoms with Gasteiger partial charge in [0.15, 0.2) is 0 Å². The zero-order chi connectivity index (χ0) is 33.8. The van der Waals surface area contributed by atoms with E-state index < -0.39 is 5.41 Å². The summed E-state index contributed by atoms with van der Waals surface area (Å²) < 4.78 is 0. The normalized spacial score (nSPS) is 15.8. The van der Waals surface area contributed by atoms with Gasteiger partial charge in [0.05, 0.1) is 11.5 Å². The number of nitrogens with one attached hydrogen (secondary N) is 1. The Bertz CT molecular complexity index is 2610. The Morgan fingerprint density at radius 1 is 0.451 bits per heavy atom. The zero-order valence-electron chi connectivity index (χ0n) is 28.1. The second-order valence-corrected chi connectivity index (χ2v) is 13.7. The van der Waals surface area contributed by atoms with Crippen molar-refractivity contribution in [1.29, 1.82) is 0 Å². The zero-order valence-corrected chi connectivity index (χ0v) is 28.1. The van der Waals surface area contributed by atoms with E-state index in [1.807, 2.05) is 0 Å². The van der Waals surface area contributed by atoms with Gasteiger partial charge in [-0.15, -0.1) is 0 Å². The van der Waals surface area contributed by atoms with Gasteiger partial charge >= 0.3 is 0 Å². The summed E-state index contributed by atoms with van der Waals surface area (Å²) in [5, 5.41) is 9.08. The predicted molar refractivity (Wildman–Crippen MR) is 213 cm³/mol. The Labute approximate surface area is 298 Å². The highest BCUT2D eigenvalue weighted by Gasteiger charge is 2.47. The van der Waals surface area contributed by atoms with Gasteiger partial charge in [-0.3, -0.25) is 0 Å². The Morgan fingerprint density at radius 2 is 1.06 bits per heavy atom. The van der Waals surface area contributed by atoms with Crippen molar-refractivity contribution in [1.82, 2.24) is 5.32 Å². The molecule has 1 heteroatoms. The lowest BCUT2D eigenvalue weighted by molar-refractivity contribution is 0.757. The molecule has 1 atom stereocenters. The topological polar surface area (TPSA) is 12.0 Å². The molecule has 0 spiro atoms. The van der Waals surface area contributed by atoms with Crippen molar-refractivity contribution in [2.45, 2.75) is 11.5 Å². The van der Waals surface area contributed by atoms with Crippen LogP contribution in [-0.2, 0) is 5.41 Å². The van der Waals surface area contributed by atoms with Crippen LogP contribution in [0.2, 0.25) is 0 Å². The summed E-state index contributed by atoms with van der Waals surface area (Å²) in [6.07, 6.45) is 4.78. The first-order chi connectivity index (χ1) is 25.3. The Balaban J connectivity index is 1.29. The van der Waals surface area contributed by atoms with Crippen LogP contribution in [0.4, 0.5) is 0 Å². The van der Waals surface area contributed by atoms with Gasteiger partial charge in [0.25, 0.3) is 0 Å². The largest absolute Gasteiger partial charge is 0.374 e. The van der Waals surface area contributed by atoms with Crippen LogP contribution in [-0.4, -0.2) is 0 Å². The molecule has 0 saturated heterocycles. The molecule has 10 rings (SSSR count). The summed E-state index contributed by atoms with van der Waals surface area (Å²) in [7, 11) is 0. The number of benzene rings is 8. The Hall–Kier alpha value is -6.44. The number of dihydropyridines is 1. The molecule has 0 aromatic heterocycles. The van der Waals surface area contributed by atoms with Crippen molar-refractivity contribution < 1.29 is 0 Å². The van der Waals surface area contributed by atoms with Gasteiger partial charge in [-0.05, 0) is 101 Å². The van der Waals surface area contributed by atoms with E-state index in [0.29, 0.717) is 0 Å². The minimum atomic E-state index is -0.481. The molecule has 51 heavy (non-hydrogen) atoms. The van der Waals surface area contributed by atoms with Gasteiger partial charge in [-0.1, -0.05) is 176 Å². The van der Waals surface area contributed by atoms with Gasteiger partial charge in [0.1, 0.15) is 0 Å². The van der Waals surface area contributed by atoms with E-state index >= 15 is 0 Å². The summed E-state index contributed by atoms with van der Waals surface area (Å²) in [4.78, 5) is 0. The van der Waals surface area contributed by atoms with Gasteiger partial charge in [0.2, 0.25) is 0 Å². The summed E-state index contributed by atoms with van der Waals surface area (Å²) in [6, 6.07) is 68.9. The highest BCUT2D eigenvalue weighted by atomic mass is 14.9. The fourth-order valence-corrected chi connectivity index (χ4v) is 8.75. The minimum Gasteiger partial charge on any atom is -0.374 e. The summed E-state index contributed by atoms with van der Waals surface area (Å²) >= 11 is 0. The molecule has 0 fully saturated rings. The third-order valence-electron chi connectivity index (χ3n) is 10.9. The standard InChI is InChI=1S/C50H35N/c1-4-17-35(18-5-1)46-32-39(37-29-28-34-16-10-11-19-36(34)30-37)33-47(51-46)49-42-25-13-12-20-38(42)31-45-48(49)43-26-14-15-27-44(43)50(45,40-21-6-2-7-22-40)41-23-8-3-9-24-41/h1-33,47,51H. The molecule has 240 valence electrons. The number of allylic oxidation sites excluding steroid dienone is 2. The quantitative estimate of drug-likeness (QED) is 0.196. The van der Waals surface area contributed by atoms with E-state index in [9.17, 15) is 0 Å². The van der Waals surface area contributed by atoms with E-state index in [1.54, 1.807) is 0 Å². The van der Waals surface area contributed by atoms with E-state index in [2.05, 4.69) is 206 Å². The molecule has 8 aromatic carbocycles. The second kappa shape index (κ2) is 11.9. The third kappa shape index (κ3) is 4.62. The molecule has 1 aliphatic carbocycles. The van der Waals surface area contributed by atoms with Crippen molar-refractivity contribution in [2.24, 2.45) is 0 Å². The number of fused-ring (bicyclic) bond motifs is 5. The first kappa shape index (κ1) is 29.5. The Morgan fingerprint density at radius 3 is 1.80 bits per heavy atom. The number of rotatable bonds is 5. The van der Waals surface area contributed by atoms with Crippen LogP contribution in [0.25, 0.3) is 43.9 Å². The van der Waals surface area contributed by atoms with Crippen molar-refractivity contribution in [2.75, 3.05) is 0 Å². The van der Waals surface area contributed by atoms with Gasteiger partial charge in [-0.2, -0.15) is 0 Å². The van der Waals surface area contributed by atoms with Gasteiger partial charge < -0.3 is 5.32 Å². The highest BCUT2D eigenvalue weighted by molar-refractivity contribution is 6.01. The average molecular weight is 650 g/mol. The lowest BCUT2D eigenvalue weighted by atomic mass is 9.67.